The van der Waals surface area contributed by atoms with Crippen molar-refractivity contribution < 1.29 is 26.4 Å². The molecule has 0 radical (unpaired) electrons. The van der Waals surface area contributed by atoms with Crippen molar-refractivity contribution >= 4 is 15.9 Å². The van der Waals surface area contributed by atoms with Crippen molar-refractivity contribution in [3.63, 3.8) is 0 Å². The largest absolute Gasteiger partial charge is 0.416 e. The fourth-order valence-electron chi connectivity index (χ4n) is 5.31. The SMILES string of the molecule is C=C/C(=C/C(=CC)S(=O)(=O)N[C@H](CC(=O)N[C@@H]1CCCc2cc(CCCNCC(C)C)ccc21)c1ccccc1)C(F)(F)F. The van der Waals surface area contributed by atoms with Crippen molar-refractivity contribution in [3.8, 4) is 0 Å². The number of carbonyl (C=O) groups is 1. The minimum Gasteiger partial charge on any atom is -0.349 e. The number of sulfonamides is 1. The molecule has 1 aliphatic rings. The molecule has 240 valence electrons. The van der Waals surface area contributed by atoms with Crippen molar-refractivity contribution in [1.82, 2.24) is 15.4 Å². The second-order valence-electron chi connectivity index (χ2n) is 11.5. The molecule has 0 aromatic heterocycles. The highest BCUT2D eigenvalue weighted by molar-refractivity contribution is 7.93. The second-order valence-corrected chi connectivity index (χ2v) is 13.2. The number of rotatable bonds is 15. The maximum atomic E-state index is 13.4. The van der Waals surface area contributed by atoms with E-state index in [9.17, 15) is 26.4 Å². The van der Waals surface area contributed by atoms with Crippen LogP contribution in [0.2, 0.25) is 0 Å². The highest BCUT2D eigenvalue weighted by Gasteiger charge is 2.33. The third-order valence-electron chi connectivity index (χ3n) is 7.56. The Morgan fingerprint density at radius 2 is 1.86 bits per heavy atom. The van der Waals surface area contributed by atoms with E-state index in [2.05, 4.69) is 54.0 Å². The molecule has 44 heavy (non-hydrogen) atoms. The van der Waals surface area contributed by atoms with Gasteiger partial charge in [-0.05, 0) is 86.4 Å². The number of alkyl halides is 3. The van der Waals surface area contributed by atoms with E-state index in [-0.39, 0.29) is 18.4 Å². The number of benzene rings is 2. The van der Waals surface area contributed by atoms with Crippen molar-refractivity contribution in [2.24, 2.45) is 5.92 Å². The van der Waals surface area contributed by atoms with Gasteiger partial charge < -0.3 is 10.6 Å². The van der Waals surface area contributed by atoms with Crippen molar-refractivity contribution in [1.29, 1.82) is 0 Å². The van der Waals surface area contributed by atoms with Gasteiger partial charge in [-0.2, -0.15) is 13.2 Å². The predicted octanol–water partition coefficient (Wildman–Crippen LogP) is 6.99. The summed E-state index contributed by atoms with van der Waals surface area (Å²) < 4.78 is 69.0. The first-order valence-corrected chi connectivity index (χ1v) is 16.6. The van der Waals surface area contributed by atoms with E-state index < -0.39 is 32.7 Å². The highest BCUT2D eigenvalue weighted by atomic mass is 32.2. The minimum atomic E-state index is -4.77. The van der Waals surface area contributed by atoms with Crippen LogP contribution in [0.5, 0.6) is 0 Å². The van der Waals surface area contributed by atoms with Crippen LogP contribution in [0.15, 0.2) is 83.8 Å². The van der Waals surface area contributed by atoms with Crippen LogP contribution in [-0.4, -0.2) is 33.6 Å². The summed E-state index contributed by atoms with van der Waals surface area (Å²) in [6, 6.07) is 13.7. The average molecular weight is 632 g/mol. The lowest BCUT2D eigenvalue weighted by Crippen LogP contribution is -2.36. The summed E-state index contributed by atoms with van der Waals surface area (Å²) in [5.74, 6) is 0.255. The van der Waals surface area contributed by atoms with Crippen LogP contribution in [0.25, 0.3) is 0 Å². The van der Waals surface area contributed by atoms with Crippen LogP contribution in [0.1, 0.15) is 80.8 Å². The second kappa shape index (κ2) is 16.2. The van der Waals surface area contributed by atoms with Gasteiger partial charge >= 0.3 is 6.18 Å². The molecule has 0 unspecified atom stereocenters. The summed E-state index contributed by atoms with van der Waals surface area (Å²) in [5.41, 5.74) is 2.86. The number of halogens is 3. The Hall–Kier alpha value is -3.21. The van der Waals surface area contributed by atoms with Crippen molar-refractivity contribution in [2.45, 2.75) is 77.6 Å². The zero-order chi connectivity index (χ0) is 32.3. The standard InChI is InChI=1S/C34H44F3N3O3S/c1-5-28(34(35,36)37)21-29(6-2)44(42,43)40-32(26-13-8-7-9-14-26)22-33(41)39-31-16-10-15-27-20-25(17-18-30(27)31)12-11-19-38-23-24(3)4/h5-9,13-14,17-18,20-21,24,31-32,38,40H,1,10-12,15-16,19,22-23H2,2-4H3,(H,39,41)/b28-21-,29-6?/t31-,32-/m1/s1. The smallest absolute Gasteiger partial charge is 0.349 e. The number of aryl methyl sites for hydroxylation is 2. The van der Waals surface area contributed by atoms with Gasteiger partial charge in [0.2, 0.25) is 15.9 Å². The monoisotopic (exact) mass is 631 g/mol. The molecule has 0 aliphatic heterocycles. The van der Waals surface area contributed by atoms with Gasteiger partial charge in [-0.15, -0.1) is 0 Å². The Kier molecular flexibility index (Phi) is 13.0. The third kappa shape index (κ3) is 10.5. The van der Waals surface area contributed by atoms with Crippen molar-refractivity contribution in [3.05, 3.63) is 106 Å². The highest BCUT2D eigenvalue weighted by Crippen LogP contribution is 2.32. The minimum absolute atomic E-state index is 0.211. The molecule has 3 rings (SSSR count). The first kappa shape index (κ1) is 35.3. The molecule has 0 heterocycles. The predicted molar refractivity (Wildman–Crippen MR) is 170 cm³/mol. The molecule has 1 aliphatic carbocycles. The lowest BCUT2D eigenvalue weighted by Gasteiger charge is -2.28. The maximum absolute atomic E-state index is 13.4. The van der Waals surface area contributed by atoms with Crippen molar-refractivity contribution in [2.75, 3.05) is 13.1 Å². The van der Waals surface area contributed by atoms with Crippen LogP contribution in [0, 0.1) is 5.92 Å². The Labute approximate surface area is 260 Å². The molecule has 6 nitrogen and oxygen atoms in total. The average Bonchev–Trinajstić information content (AvgIpc) is 2.96. The normalized spacial score (nSPS) is 16.8. The quantitative estimate of drug-likeness (QED) is 0.146. The zero-order valence-corrected chi connectivity index (χ0v) is 26.5. The van der Waals surface area contributed by atoms with E-state index in [1.54, 1.807) is 30.3 Å². The summed E-state index contributed by atoms with van der Waals surface area (Å²) in [5, 5.41) is 6.55. The summed E-state index contributed by atoms with van der Waals surface area (Å²) >= 11 is 0. The number of hydrogen-bond donors (Lipinski definition) is 3. The number of amides is 1. The summed E-state index contributed by atoms with van der Waals surface area (Å²) in [4.78, 5) is 12.8. The van der Waals surface area contributed by atoms with Crippen LogP contribution in [0.3, 0.4) is 0 Å². The van der Waals surface area contributed by atoms with Gasteiger partial charge in [0.15, 0.2) is 0 Å². The van der Waals surface area contributed by atoms with E-state index >= 15 is 0 Å². The maximum Gasteiger partial charge on any atom is 0.416 e. The van der Waals surface area contributed by atoms with E-state index in [1.807, 2.05) is 0 Å². The molecular weight excluding hydrogens is 587 g/mol. The molecule has 0 fully saturated rings. The number of fused-ring (bicyclic) bond motifs is 1. The zero-order valence-electron chi connectivity index (χ0n) is 25.7. The number of allylic oxidation sites excluding steroid dienone is 4. The van der Waals surface area contributed by atoms with E-state index in [0.717, 1.165) is 56.8 Å². The van der Waals surface area contributed by atoms with Gasteiger partial charge in [-0.1, -0.05) is 81.1 Å². The Morgan fingerprint density at radius 1 is 1.14 bits per heavy atom. The molecule has 2 aromatic carbocycles. The fourth-order valence-corrected chi connectivity index (χ4v) is 6.64. The molecule has 10 heteroatoms. The molecule has 3 N–H and O–H groups in total. The third-order valence-corrected chi connectivity index (χ3v) is 9.13. The Bertz CT molecular complexity index is 1430. The fraction of sp³-hybridized carbons (Fsp3) is 0.441. The van der Waals surface area contributed by atoms with E-state index in [0.29, 0.717) is 23.6 Å². The molecule has 0 saturated heterocycles. The molecule has 1 amide bonds. The molecule has 2 atom stereocenters. The first-order chi connectivity index (χ1) is 20.8. The van der Waals surface area contributed by atoms with Crippen LogP contribution in [-0.2, 0) is 27.7 Å². The van der Waals surface area contributed by atoms with Gasteiger partial charge in [-0.25, -0.2) is 13.1 Å². The summed E-state index contributed by atoms with van der Waals surface area (Å²) in [7, 11) is -4.43. The van der Waals surface area contributed by atoms with Gasteiger partial charge in [0.05, 0.1) is 22.6 Å². The molecule has 2 aromatic rings. The Balaban J connectivity index is 1.74. The molecule has 0 bridgehead atoms. The van der Waals surface area contributed by atoms with Gasteiger partial charge in [0.25, 0.3) is 0 Å². The first-order valence-electron chi connectivity index (χ1n) is 15.1. The lowest BCUT2D eigenvalue weighted by atomic mass is 9.86. The van der Waals surface area contributed by atoms with Gasteiger partial charge in [0.1, 0.15) is 0 Å². The van der Waals surface area contributed by atoms with Crippen LogP contribution < -0.4 is 15.4 Å². The Morgan fingerprint density at radius 3 is 2.50 bits per heavy atom. The van der Waals surface area contributed by atoms with E-state index in [4.69, 9.17) is 0 Å². The van der Waals surface area contributed by atoms with Gasteiger partial charge in [-0.3, -0.25) is 4.79 Å². The van der Waals surface area contributed by atoms with Crippen LogP contribution in [0.4, 0.5) is 13.2 Å². The number of nitrogens with one attached hydrogen (secondary N) is 3. The summed E-state index contributed by atoms with van der Waals surface area (Å²) in [6.45, 7) is 10.8. The lowest BCUT2D eigenvalue weighted by molar-refractivity contribution is -0.122. The van der Waals surface area contributed by atoms with Gasteiger partial charge in [0, 0.05) is 6.42 Å². The van der Waals surface area contributed by atoms with E-state index in [1.165, 1.54) is 18.1 Å². The number of carbonyl (C=O) groups excluding carboxylic acids is 1. The number of hydrogen-bond acceptors (Lipinski definition) is 4. The van der Waals surface area contributed by atoms with Crippen LogP contribution >= 0.6 is 0 Å². The topological polar surface area (TPSA) is 87.3 Å². The summed E-state index contributed by atoms with van der Waals surface area (Å²) in [6.07, 6.45) is 1.78. The molecule has 0 spiro atoms. The molecule has 0 saturated carbocycles. The molecular formula is C34H44F3N3O3S.